The molecule has 7 heteroatoms. The Morgan fingerprint density at radius 2 is 1.71 bits per heavy atom. The summed E-state index contributed by atoms with van der Waals surface area (Å²) in [4.78, 5) is 18.7. The van der Waals surface area contributed by atoms with E-state index in [1.165, 1.54) is 19.3 Å². The SMILES string of the molecule is CCNC(=NCC(C)(C)N1CCCCC1)NCC(C)(C)C(N)=O.I. The van der Waals surface area contributed by atoms with Gasteiger partial charge < -0.3 is 16.4 Å². The second-order valence-corrected chi connectivity index (χ2v) is 7.66. The summed E-state index contributed by atoms with van der Waals surface area (Å²) >= 11 is 0. The molecule has 0 aromatic carbocycles. The number of carbonyl (C=O) groups is 1. The zero-order valence-corrected chi connectivity index (χ0v) is 18.3. The lowest BCUT2D eigenvalue weighted by Crippen LogP contribution is -2.50. The Hall–Kier alpha value is -0.570. The number of hydrogen-bond acceptors (Lipinski definition) is 3. The summed E-state index contributed by atoms with van der Waals surface area (Å²) in [6.07, 6.45) is 3.89. The fourth-order valence-electron chi connectivity index (χ4n) is 2.61. The van der Waals surface area contributed by atoms with Crippen molar-refractivity contribution in [3.8, 4) is 0 Å². The predicted octanol–water partition coefficient (Wildman–Crippen LogP) is 1.94. The minimum absolute atomic E-state index is 0. The van der Waals surface area contributed by atoms with Crippen molar-refractivity contribution < 1.29 is 4.79 Å². The smallest absolute Gasteiger partial charge is 0.224 e. The second kappa shape index (κ2) is 10.4. The highest BCUT2D eigenvalue weighted by molar-refractivity contribution is 14.0. The molecular formula is C17H36IN5O. The molecule has 0 atom stereocenters. The molecular weight excluding hydrogens is 417 g/mol. The van der Waals surface area contributed by atoms with Gasteiger partial charge in [0, 0.05) is 18.6 Å². The number of aliphatic imine (C=N–C) groups is 1. The van der Waals surface area contributed by atoms with Gasteiger partial charge in [0.15, 0.2) is 5.96 Å². The molecule has 0 aromatic heterocycles. The van der Waals surface area contributed by atoms with Gasteiger partial charge in [0.1, 0.15) is 0 Å². The van der Waals surface area contributed by atoms with Crippen LogP contribution in [0.4, 0.5) is 0 Å². The van der Waals surface area contributed by atoms with E-state index in [-0.39, 0.29) is 35.4 Å². The van der Waals surface area contributed by atoms with E-state index in [0.717, 1.165) is 32.1 Å². The largest absolute Gasteiger partial charge is 0.369 e. The van der Waals surface area contributed by atoms with E-state index in [0.29, 0.717) is 6.54 Å². The highest BCUT2D eigenvalue weighted by Gasteiger charge is 2.28. The first-order chi connectivity index (χ1) is 10.7. The first-order valence-electron chi connectivity index (χ1n) is 8.76. The van der Waals surface area contributed by atoms with Gasteiger partial charge in [0.05, 0.1) is 12.0 Å². The zero-order valence-electron chi connectivity index (χ0n) is 15.9. The van der Waals surface area contributed by atoms with Crippen molar-refractivity contribution in [2.24, 2.45) is 16.1 Å². The number of likely N-dealkylation sites (tertiary alicyclic amines) is 1. The molecule has 0 saturated carbocycles. The first-order valence-corrected chi connectivity index (χ1v) is 8.76. The van der Waals surface area contributed by atoms with Crippen LogP contribution in [0.1, 0.15) is 53.9 Å². The van der Waals surface area contributed by atoms with Crippen molar-refractivity contribution in [3.63, 3.8) is 0 Å². The average molecular weight is 453 g/mol. The van der Waals surface area contributed by atoms with E-state index >= 15 is 0 Å². The van der Waals surface area contributed by atoms with Crippen molar-refractivity contribution in [1.82, 2.24) is 15.5 Å². The Bertz CT molecular complexity index is 417. The number of hydrogen-bond donors (Lipinski definition) is 3. The molecule has 6 nitrogen and oxygen atoms in total. The predicted molar refractivity (Wildman–Crippen MR) is 112 cm³/mol. The van der Waals surface area contributed by atoms with Crippen molar-refractivity contribution in [2.45, 2.75) is 59.4 Å². The van der Waals surface area contributed by atoms with Gasteiger partial charge in [-0.2, -0.15) is 0 Å². The lowest BCUT2D eigenvalue weighted by atomic mass is 9.93. The Labute approximate surface area is 164 Å². The summed E-state index contributed by atoms with van der Waals surface area (Å²) in [6, 6.07) is 0. The number of nitrogens with one attached hydrogen (secondary N) is 2. The van der Waals surface area contributed by atoms with E-state index < -0.39 is 5.41 Å². The highest BCUT2D eigenvalue weighted by Crippen LogP contribution is 2.20. The minimum Gasteiger partial charge on any atom is -0.369 e. The van der Waals surface area contributed by atoms with Crippen LogP contribution in [-0.2, 0) is 4.79 Å². The van der Waals surface area contributed by atoms with Gasteiger partial charge in [0.25, 0.3) is 0 Å². The van der Waals surface area contributed by atoms with Crippen molar-refractivity contribution in [2.75, 3.05) is 32.7 Å². The fourth-order valence-corrected chi connectivity index (χ4v) is 2.61. The molecule has 0 unspecified atom stereocenters. The van der Waals surface area contributed by atoms with E-state index in [4.69, 9.17) is 10.7 Å². The van der Waals surface area contributed by atoms with Gasteiger partial charge in [-0.05, 0) is 60.5 Å². The summed E-state index contributed by atoms with van der Waals surface area (Å²) < 4.78 is 0. The molecule has 24 heavy (non-hydrogen) atoms. The van der Waals surface area contributed by atoms with Crippen LogP contribution in [0.25, 0.3) is 0 Å². The number of piperidine rings is 1. The molecule has 0 bridgehead atoms. The Balaban J connectivity index is 0.00000529. The molecule has 0 aromatic rings. The summed E-state index contributed by atoms with van der Waals surface area (Å²) in [5, 5.41) is 6.48. The first kappa shape index (κ1) is 23.4. The van der Waals surface area contributed by atoms with Gasteiger partial charge in [-0.15, -0.1) is 24.0 Å². The number of rotatable bonds is 7. The molecule has 0 aliphatic carbocycles. The number of amides is 1. The van der Waals surface area contributed by atoms with E-state index in [1.54, 1.807) is 0 Å². The molecule has 0 spiro atoms. The van der Waals surface area contributed by atoms with Crippen LogP contribution >= 0.6 is 24.0 Å². The standard InChI is InChI=1S/C17H35N5O.HI/c1-6-19-15(20-12-16(2,3)14(18)23)21-13-17(4,5)22-10-8-7-9-11-22;/h6-13H2,1-5H3,(H2,18,23)(H2,19,20,21);1H. The van der Waals surface area contributed by atoms with Crippen LogP contribution in [0.3, 0.4) is 0 Å². The molecule has 4 N–H and O–H groups in total. The maximum Gasteiger partial charge on any atom is 0.224 e. The molecule has 142 valence electrons. The molecule has 1 aliphatic rings. The lowest BCUT2D eigenvalue weighted by Gasteiger charge is -2.40. The van der Waals surface area contributed by atoms with Crippen molar-refractivity contribution >= 4 is 35.8 Å². The molecule has 1 aliphatic heterocycles. The maximum atomic E-state index is 11.4. The number of halogens is 1. The van der Waals surface area contributed by atoms with Gasteiger partial charge in [-0.1, -0.05) is 6.42 Å². The number of guanidine groups is 1. The molecule has 1 rings (SSSR count). The quantitative estimate of drug-likeness (QED) is 0.313. The highest BCUT2D eigenvalue weighted by atomic mass is 127. The monoisotopic (exact) mass is 453 g/mol. The summed E-state index contributed by atoms with van der Waals surface area (Å²) in [5.74, 6) is 0.432. The van der Waals surface area contributed by atoms with Crippen LogP contribution in [0, 0.1) is 5.41 Å². The third-order valence-corrected chi connectivity index (χ3v) is 4.55. The topological polar surface area (TPSA) is 82.8 Å². The maximum absolute atomic E-state index is 11.4. The Morgan fingerprint density at radius 1 is 1.12 bits per heavy atom. The molecule has 0 radical (unpaired) electrons. The number of nitrogens with two attached hydrogens (primary N) is 1. The zero-order chi connectivity index (χ0) is 17.5. The Morgan fingerprint density at radius 3 is 2.21 bits per heavy atom. The van der Waals surface area contributed by atoms with Crippen LogP contribution in [0.15, 0.2) is 4.99 Å². The minimum atomic E-state index is -0.599. The lowest BCUT2D eigenvalue weighted by molar-refractivity contribution is -0.125. The van der Waals surface area contributed by atoms with E-state index in [1.807, 2.05) is 20.8 Å². The van der Waals surface area contributed by atoms with Crippen LogP contribution in [-0.4, -0.2) is 55.0 Å². The van der Waals surface area contributed by atoms with Crippen LogP contribution in [0.5, 0.6) is 0 Å². The number of nitrogens with zero attached hydrogens (tertiary/aromatic N) is 2. The fraction of sp³-hybridized carbons (Fsp3) is 0.882. The molecule has 1 amide bonds. The Kier molecular flexibility index (Phi) is 10.2. The molecule has 1 saturated heterocycles. The number of carbonyl (C=O) groups excluding carboxylic acids is 1. The molecule has 1 heterocycles. The van der Waals surface area contributed by atoms with Crippen LogP contribution < -0.4 is 16.4 Å². The number of primary amides is 1. The van der Waals surface area contributed by atoms with Crippen molar-refractivity contribution in [1.29, 1.82) is 0 Å². The van der Waals surface area contributed by atoms with Gasteiger partial charge in [-0.3, -0.25) is 14.7 Å². The third-order valence-electron chi connectivity index (χ3n) is 4.55. The summed E-state index contributed by atoms with van der Waals surface area (Å²) in [5.41, 5.74) is 4.87. The van der Waals surface area contributed by atoms with E-state index in [9.17, 15) is 4.79 Å². The van der Waals surface area contributed by atoms with Gasteiger partial charge in [0.2, 0.25) is 5.91 Å². The normalized spacial score (nSPS) is 17.1. The second-order valence-electron chi connectivity index (χ2n) is 7.66. The van der Waals surface area contributed by atoms with E-state index in [2.05, 4.69) is 29.4 Å². The summed E-state index contributed by atoms with van der Waals surface area (Å²) in [6.45, 7) is 14.5. The third kappa shape index (κ3) is 7.55. The van der Waals surface area contributed by atoms with Gasteiger partial charge >= 0.3 is 0 Å². The van der Waals surface area contributed by atoms with Crippen molar-refractivity contribution in [3.05, 3.63) is 0 Å². The molecule has 1 fully saturated rings. The average Bonchev–Trinajstić information content (AvgIpc) is 2.51. The van der Waals surface area contributed by atoms with Gasteiger partial charge in [-0.25, -0.2) is 0 Å². The summed E-state index contributed by atoms with van der Waals surface area (Å²) in [7, 11) is 0. The van der Waals surface area contributed by atoms with Crippen LogP contribution in [0.2, 0.25) is 0 Å².